The zero-order chi connectivity index (χ0) is 16.4. The van der Waals surface area contributed by atoms with E-state index in [1.54, 1.807) is 0 Å². The minimum Gasteiger partial charge on any atom is -0.338 e. The molecule has 0 radical (unpaired) electrons. The van der Waals surface area contributed by atoms with Crippen molar-refractivity contribution in [3.63, 3.8) is 0 Å². The molecule has 4 rings (SSSR count). The number of hydrogen-bond donors (Lipinski definition) is 2. The first kappa shape index (κ1) is 17.5. The maximum absolute atomic E-state index is 12.4. The maximum atomic E-state index is 12.4. The van der Waals surface area contributed by atoms with Gasteiger partial charge in [-0.1, -0.05) is 43.5 Å². The fourth-order valence-corrected chi connectivity index (χ4v) is 3.44. The number of anilines is 1. The van der Waals surface area contributed by atoms with E-state index in [4.69, 9.17) is 0 Å². The molecule has 3 aromatic rings. The van der Waals surface area contributed by atoms with Crippen molar-refractivity contribution in [2.24, 2.45) is 5.92 Å². The monoisotopic (exact) mass is 355 g/mol. The number of nitrogens with one attached hydrogen (secondary N) is 2. The van der Waals surface area contributed by atoms with Gasteiger partial charge in [0.15, 0.2) is 0 Å². The number of carbonyl (C=O) groups is 1. The minimum absolute atomic E-state index is 0. The van der Waals surface area contributed by atoms with Gasteiger partial charge in [0.05, 0.1) is 11.0 Å². The molecule has 2 aromatic carbocycles. The predicted octanol–water partition coefficient (Wildman–Crippen LogP) is 5.17. The van der Waals surface area contributed by atoms with Gasteiger partial charge in [0, 0.05) is 17.2 Å². The topological polar surface area (TPSA) is 57.8 Å². The van der Waals surface area contributed by atoms with Gasteiger partial charge in [0.2, 0.25) is 5.91 Å². The van der Waals surface area contributed by atoms with E-state index in [9.17, 15) is 4.79 Å². The number of rotatable bonds is 3. The molecule has 1 amide bonds. The molecule has 25 heavy (non-hydrogen) atoms. The Balaban J connectivity index is 0.00000182. The number of amides is 1. The highest BCUT2D eigenvalue weighted by Gasteiger charge is 2.21. The third-order valence-electron chi connectivity index (χ3n) is 4.77. The Kier molecular flexibility index (Phi) is 5.39. The zero-order valence-electron chi connectivity index (χ0n) is 14.0. The predicted molar refractivity (Wildman–Crippen MR) is 104 cm³/mol. The first-order valence-electron chi connectivity index (χ1n) is 8.66. The Morgan fingerprint density at radius 3 is 2.64 bits per heavy atom. The van der Waals surface area contributed by atoms with E-state index in [-0.39, 0.29) is 24.2 Å². The molecule has 4 nitrogen and oxygen atoms in total. The van der Waals surface area contributed by atoms with E-state index in [0.29, 0.717) is 0 Å². The number of benzene rings is 2. The van der Waals surface area contributed by atoms with Crippen molar-refractivity contribution in [2.75, 3.05) is 5.32 Å². The van der Waals surface area contributed by atoms with Crippen molar-refractivity contribution in [3.05, 3.63) is 48.5 Å². The van der Waals surface area contributed by atoms with E-state index in [2.05, 4.69) is 15.3 Å². The Hall–Kier alpha value is -2.33. The molecule has 0 unspecified atom stereocenters. The lowest BCUT2D eigenvalue weighted by Gasteiger charge is -2.20. The van der Waals surface area contributed by atoms with Crippen molar-refractivity contribution in [2.45, 2.75) is 32.1 Å². The van der Waals surface area contributed by atoms with Crippen molar-refractivity contribution < 1.29 is 4.79 Å². The molecule has 1 aliphatic rings. The van der Waals surface area contributed by atoms with E-state index in [1.807, 2.05) is 48.5 Å². The highest BCUT2D eigenvalue weighted by Crippen LogP contribution is 2.26. The molecule has 0 aliphatic heterocycles. The number of imidazole rings is 1. The van der Waals surface area contributed by atoms with Crippen LogP contribution in [-0.4, -0.2) is 15.9 Å². The number of fused-ring (bicyclic) bond motifs is 1. The number of aromatic nitrogens is 2. The number of carbonyl (C=O) groups excluding carboxylic acids is 1. The average molecular weight is 356 g/mol. The van der Waals surface area contributed by atoms with Gasteiger partial charge in [-0.25, -0.2) is 4.98 Å². The summed E-state index contributed by atoms with van der Waals surface area (Å²) in [6.07, 6.45) is 5.60. The summed E-state index contributed by atoms with van der Waals surface area (Å²) in [7, 11) is 0. The summed E-state index contributed by atoms with van der Waals surface area (Å²) < 4.78 is 0. The van der Waals surface area contributed by atoms with Crippen LogP contribution in [0.4, 0.5) is 5.69 Å². The van der Waals surface area contributed by atoms with Crippen molar-refractivity contribution >= 4 is 35.0 Å². The lowest BCUT2D eigenvalue weighted by atomic mass is 9.88. The van der Waals surface area contributed by atoms with Crippen molar-refractivity contribution in [1.82, 2.24) is 9.97 Å². The Labute approximate surface area is 153 Å². The summed E-state index contributed by atoms with van der Waals surface area (Å²) in [5.74, 6) is 1.13. The summed E-state index contributed by atoms with van der Waals surface area (Å²) in [4.78, 5) is 20.4. The molecule has 0 atom stereocenters. The second-order valence-electron chi connectivity index (χ2n) is 6.51. The van der Waals surface area contributed by atoms with Crippen molar-refractivity contribution in [3.8, 4) is 11.4 Å². The fourth-order valence-electron chi connectivity index (χ4n) is 3.44. The van der Waals surface area contributed by atoms with Crippen LogP contribution in [0, 0.1) is 5.92 Å². The van der Waals surface area contributed by atoms with Crippen LogP contribution in [0.3, 0.4) is 0 Å². The molecule has 0 spiro atoms. The summed E-state index contributed by atoms with van der Waals surface area (Å²) in [5.41, 5.74) is 3.78. The first-order valence-corrected chi connectivity index (χ1v) is 8.66. The second kappa shape index (κ2) is 7.70. The van der Waals surface area contributed by atoms with Gasteiger partial charge in [-0.05, 0) is 37.1 Å². The van der Waals surface area contributed by atoms with E-state index < -0.39 is 0 Å². The van der Waals surface area contributed by atoms with Gasteiger partial charge in [-0.3, -0.25) is 4.79 Å². The number of H-pyrrole nitrogens is 1. The quantitative estimate of drug-likeness (QED) is 0.680. The standard InChI is InChI=1S/C20H21N3O.ClH/c24-20(14-7-2-1-3-8-14)21-16-10-6-9-15(13-16)19-22-17-11-4-5-12-18(17)23-19;/h4-6,9-14H,1-3,7-8H2,(H,21,24)(H,22,23);1H. The molecule has 0 saturated heterocycles. The molecule has 5 heteroatoms. The van der Waals surface area contributed by atoms with Gasteiger partial charge in [-0.2, -0.15) is 0 Å². The molecule has 0 bridgehead atoms. The molecule has 1 aliphatic carbocycles. The molecule has 1 aromatic heterocycles. The summed E-state index contributed by atoms with van der Waals surface area (Å²) in [6.45, 7) is 0. The van der Waals surface area contributed by atoms with Gasteiger partial charge in [-0.15, -0.1) is 12.4 Å². The fraction of sp³-hybridized carbons (Fsp3) is 0.300. The number of hydrogen-bond acceptors (Lipinski definition) is 2. The SMILES string of the molecule is Cl.O=C(Nc1cccc(-c2nc3ccccc3[nH]2)c1)C1CCCCC1. The van der Waals surface area contributed by atoms with Crippen LogP contribution in [0.15, 0.2) is 48.5 Å². The first-order chi connectivity index (χ1) is 11.8. The zero-order valence-corrected chi connectivity index (χ0v) is 14.8. The molecule has 1 heterocycles. The maximum Gasteiger partial charge on any atom is 0.227 e. The number of halogens is 1. The molecule has 1 fully saturated rings. The number of para-hydroxylation sites is 2. The van der Waals surface area contributed by atoms with Crippen LogP contribution < -0.4 is 5.32 Å². The van der Waals surface area contributed by atoms with Crippen LogP contribution >= 0.6 is 12.4 Å². The lowest BCUT2D eigenvalue weighted by Crippen LogP contribution is -2.24. The van der Waals surface area contributed by atoms with E-state index in [0.717, 1.165) is 53.8 Å². The molecule has 2 N–H and O–H groups in total. The van der Waals surface area contributed by atoms with Crippen LogP contribution in [-0.2, 0) is 4.79 Å². The van der Waals surface area contributed by atoms with Crippen LogP contribution in [0.2, 0.25) is 0 Å². The number of aromatic amines is 1. The van der Waals surface area contributed by atoms with Gasteiger partial charge >= 0.3 is 0 Å². The largest absolute Gasteiger partial charge is 0.338 e. The highest BCUT2D eigenvalue weighted by atomic mass is 35.5. The van der Waals surface area contributed by atoms with E-state index in [1.165, 1.54) is 6.42 Å². The Morgan fingerprint density at radius 2 is 1.84 bits per heavy atom. The number of nitrogens with zero attached hydrogens (tertiary/aromatic N) is 1. The van der Waals surface area contributed by atoms with Crippen LogP contribution in [0.1, 0.15) is 32.1 Å². The smallest absolute Gasteiger partial charge is 0.227 e. The average Bonchev–Trinajstić information content (AvgIpc) is 3.07. The van der Waals surface area contributed by atoms with Crippen LogP contribution in [0.25, 0.3) is 22.4 Å². The van der Waals surface area contributed by atoms with Crippen LogP contribution in [0.5, 0.6) is 0 Å². The highest BCUT2D eigenvalue weighted by molar-refractivity contribution is 5.93. The van der Waals surface area contributed by atoms with Gasteiger partial charge in [0.25, 0.3) is 0 Å². The normalized spacial score (nSPS) is 14.9. The third kappa shape index (κ3) is 3.85. The molecule has 1 saturated carbocycles. The van der Waals surface area contributed by atoms with Crippen molar-refractivity contribution in [1.29, 1.82) is 0 Å². The second-order valence-corrected chi connectivity index (χ2v) is 6.51. The minimum atomic E-state index is 0. The molecular formula is C20H22ClN3O. The summed E-state index contributed by atoms with van der Waals surface area (Å²) in [5, 5.41) is 3.07. The summed E-state index contributed by atoms with van der Waals surface area (Å²) in [6, 6.07) is 15.9. The Morgan fingerprint density at radius 1 is 1.04 bits per heavy atom. The van der Waals surface area contributed by atoms with Gasteiger partial charge < -0.3 is 10.3 Å². The molecule has 130 valence electrons. The third-order valence-corrected chi connectivity index (χ3v) is 4.77. The lowest BCUT2D eigenvalue weighted by molar-refractivity contribution is -0.120. The Bertz CT molecular complexity index is 835. The molecular weight excluding hydrogens is 334 g/mol. The van der Waals surface area contributed by atoms with E-state index >= 15 is 0 Å². The van der Waals surface area contributed by atoms with Gasteiger partial charge in [0.1, 0.15) is 5.82 Å². The summed E-state index contributed by atoms with van der Waals surface area (Å²) >= 11 is 0.